The molecular weight excluding hydrogens is 216 g/mol. The number of aryl methyl sites for hydroxylation is 1. The zero-order valence-electron chi connectivity index (χ0n) is 8.44. The first-order valence-electron chi connectivity index (χ1n) is 4.58. The average Bonchev–Trinajstić information content (AvgIpc) is 2.73. The summed E-state index contributed by atoms with van der Waals surface area (Å²) >= 11 is 1.45. The highest BCUT2D eigenvalue weighted by Crippen LogP contribution is 2.28. The third-order valence-corrected chi connectivity index (χ3v) is 2.82. The molecule has 0 radical (unpaired) electrons. The minimum atomic E-state index is -0.335. The summed E-state index contributed by atoms with van der Waals surface area (Å²) in [7, 11) is 0. The molecule has 2 heterocycles. The highest BCUT2D eigenvalue weighted by molar-refractivity contribution is 7.14. The van der Waals surface area contributed by atoms with Gasteiger partial charge in [-0.05, 0) is 13.8 Å². The molecule has 0 atom stereocenters. The molecule has 0 fully saturated rings. The summed E-state index contributed by atoms with van der Waals surface area (Å²) in [5, 5.41) is 4.59. The van der Waals surface area contributed by atoms with Crippen LogP contribution >= 0.6 is 11.3 Å². The highest BCUT2D eigenvalue weighted by atomic mass is 32.1. The van der Waals surface area contributed by atoms with Crippen molar-refractivity contribution in [3.8, 4) is 5.88 Å². The molecule has 0 saturated carbocycles. The van der Waals surface area contributed by atoms with Crippen LogP contribution < -0.4 is 4.74 Å². The van der Waals surface area contributed by atoms with Gasteiger partial charge < -0.3 is 9.57 Å². The van der Waals surface area contributed by atoms with Crippen LogP contribution in [-0.2, 0) is 9.63 Å². The van der Waals surface area contributed by atoms with Crippen LogP contribution in [0.15, 0.2) is 5.16 Å². The molecule has 1 aliphatic heterocycles. The van der Waals surface area contributed by atoms with Crippen molar-refractivity contribution < 1.29 is 14.4 Å². The number of carbonyl (C=O) groups excluding carboxylic acids is 1. The Morgan fingerprint density at radius 3 is 3.00 bits per heavy atom. The zero-order valence-corrected chi connectivity index (χ0v) is 9.26. The Labute approximate surface area is 90.7 Å². The number of nitrogens with zero attached hydrogens (tertiary/aromatic N) is 2. The largest absolute Gasteiger partial charge is 0.477 e. The Balaban J connectivity index is 2.30. The van der Waals surface area contributed by atoms with Gasteiger partial charge in [-0.3, -0.25) is 0 Å². The minimum Gasteiger partial charge on any atom is -0.477 e. The van der Waals surface area contributed by atoms with Crippen LogP contribution in [0.5, 0.6) is 5.88 Å². The monoisotopic (exact) mass is 226 g/mol. The third-order valence-electron chi connectivity index (χ3n) is 1.82. The smallest absolute Gasteiger partial charge is 0.341 e. The second-order valence-electron chi connectivity index (χ2n) is 2.98. The SMILES string of the molecule is CCOc1nc(C)sc1C1=NOC(=O)C1. The van der Waals surface area contributed by atoms with Gasteiger partial charge in [-0.1, -0.05) is 5.16 Å². The summed E-state index contributed by atoms with van der Waals surface area (Å²) < 4.78 is 5.36. The average molecular weight is 226 g/mol. The molecule has 6 heteroatoms. The van der Waals surface area contributed by atoms with Crippen molar-refractivity contribution in [1.82, 2.24) is 4.98 Å². The van der Waals surface area contributed by atoms with E-state index < -0.39 is 0 Å². The molecular formula is C9H10N2O3S. The first-order chi connectivity index (χ1) is 7.20. The van der Waals surface area contributed by atoms with E-state index in [2.05, 4.69) is 15.0 Å². The van der Waals surface area contributed by atoms with Gasteiger partial charge in [-0.25, -0.2) is 9.78 Å². The van der Waals surface area contributed by atoms with E-state index in [1.165, 1.54) is 11.3 Å². The normalized spacial score (nSPS) is 15.1. The number of ether oxygens (including phenoxy) is 1. The molecule has 1 aliphatic rings. The van der Waals surface area contributed by atoms with Gasteiger partial charge in [0.15, 0.2) is 0 Å². The van der Waals surface area contributed by atoms with E-state index in [1.807, 2.05) is 13.8 Å². The second kappa shape index (κ2) is 3.98. The molecule has 0 N–H and O–H groups in total. The molecule has 0 bridgehead atoms. The Kier molecular flexibility index (Phi) is 2.68. The molecule has 80 valence electrons. The maximum atomic E-state index is 10.9. The van der Waals surface area contributed by atoms with Crippen LogP contribution in [0.3, 0.4) is 0 Å². The lowest BCUT2D eigenvalue weighted by atomic mass is 10.2. The molecule has 0 saturated heterocycles. The molecule has 0 aliphatic carbocycles. The number of thiazole rings is 1. The molecule has 0 amide bonds. The molecule has 0 spiro atoms. The van der Waals surface area contributed by atoms with Crippen LogP contribution in [0.4, 0.5) is 0 Å². The summed E-state index contributed by atoms with van der Waals surface area (Å²) in [5.41, 5.74) is 0.606. The lowest BCUT2D eigenvalue weighted by Crippen LogP contribution is -2.02. The van der Waals surface area contributed by atoms with Crippen molar-refractivity contribution >= 4 is 23.0 Å². The van der Waals surface area contributed by atoms with Gasteiger partial charge in [0, 0.05) is 0 Å². The Morgan fingerprint density at radius 1 is 1.60 bits per heavy atom. The van der Waals surface area contributed by atoms with Crippen molar-refractivity contribution in [3.05, 3.63) is 9.88 Å². The first-order valence-corrected chi connectivity index (χ1v) is 5.39. The topological polar surface area (TPSA) is 60.8 Å². The predicted octanol–water partition coefficient (Wildman–Crippen LogP) is 1.50. The quantitative estimate of drug-likeness (QED) is 0.733. The van der Waals surface area contributed by atoms with E-state index in [1.54, 1.807) is 0 Å². The van der Waals surface area contributed by atoms with E-state index in [9.17, 15) is 4.79 Å². The fourth-order valence-electron chi connectivity index (χ4n) is 1.25. The molecule has 1 aromatic rings. The predicted molar refractivity (Wildman–Crippen MR) is 55.3 cm³/mol. The highest BCUT2D eigenvalue weighted by Gasteiger charge is 2.24. The van der Waals surface area contributed by atoms with Crippen molar-refractivity contribution in [2.45, 2.75) is 20.3 Å². The van der Waals surface area contributed by atoms with E-state index in [0.29, 0.717) is 18.2 Å². The van der Waals surface area contributed by atoms with Crippen molar-refractivity contribution in [2.24, 2.45) is 5.16 Å². The Hall–Kier alpha value is -1.43. The standard InChI is InChI=1S/C9H10N2O3S/c1-3-13-9-8(15-5(2)10-9)6-4-7(12)14-11-6/h3-4H2,1-2H3. The first kappa shape index (κ1) is 10.1. The van der Waals surface area contributed by atoms with E-state index in [4.69, 9.17) is 4.74 Å². The van der Waals surface area contributed by atoms with Crippen LogP contribution in [0, 0.1) is 6.92 Å². The molecule has 5 nitrogen and oxygen atoms in total. The second-order valence-corrected chi connectivity index (χ2v) is 4.18. The fourth-order valence-corrected chi connectivity index (χ4v) is 2.10. The van der Waals surface area contributed by atoms with Gasteiger partial charge >= 0.3 is 5.97 Å². The Morgan fingerprint density at radius 2 is 2.40 bits per heavy atom. The van der Waals surface area contributed by atoms with Crippen LogP contribution in [0.2, 0.25) is 0 Å². The van der Waals surface area contributed by atoms with Gasteiger partial charge in [-0.2, -0.15) is 0 Å². The lowest BCUT2D eigenvalue weighted by molar-refractivity contribution is -0.140. The summed E-state index contributed by atoms with van der Waals surface area (Å²) in [6.07, 6.45) is 0.196. The van der Waals surface area contributed by atoms with Crippen molar-refractivity contribution in [1.29, 1.82) is 0 Å². The molecule has 0 aromatic carbocycles. The molecule has 15 heavy (non-hydrogen) atoms. The maximum Gasteiger partial charge on any atom is 0.341 e. The van der Waals surface area contributed by atoms with Gasteiger partial charge in [0.05, 0.1) is 18.0 Å². The maximum absolute atomic E-state index is 10.9. The summed E-state index contributed by atoms with van der Waals surface area (Å²) in [4.78, 5) is 20.5. The molecule has 0 unspecified atom stereocenters. The van der Waals surface area contributed by atoms with Crippen LogP contribution in [0.25, 0.3) is 0 Å². The van der Waals surface area contributed by atoms with Gasteiger partial charge in [0.25, 0.3) is 0 Å². The molecule has 2 rings (SSSR count). The molecule has 1 aromatic heterocycles. The zero-order chi connectivity index (χ0) is 10.8. The fraction of sp³-hybridized carbons (Fsp3) is 0.444. The summed E-state index contributed by atoms with van der Waals surface area (Å²) in [5.74, 6) is 0.204. The third kappa shape index (κ3) is 1.99. The number of oxime groups is 1. The van der Waals surface area contributed by atoms with Crippen LogP contribution in [0.1, 0.15) is 23.2 Å². The summed E-state index contributed by atoms with van der Waals surface area (Å²) in [6, 6.07) is 0. The van der Waals surface area contributed by atoms with Gasteiger partial charge in [0.1, 0.15) is 10.6 Å². The van der Waals surface area contributed by atoms with Gasteiger partial charge in [0.2, 0.25) is 5.88 Å². The Bertz CT molecular complexity index is 425. The number of rotatable bonds is 3. The summed E-state index contributed by atoms with van der Waals surface area (Å²) in [6.45, 7) is 4.31. The van der Waals surface area contributed by atoms with Crippen molar-refractivity contribution in [3.63, 3.8) is 0 Å². The van der Waals surface area contributed by atoms with E-state index in [-0.39, 0.29) is 12.4 Å². The number of hydrogen-bond acceptors (Lipinski definition) is 6. The number of aromatic nitrogens is 1. The number of hydrogen-bond donors (Lipinski definition) is 0. The van der Waals surface area contributed by atoms with Crippen LogP contribution in [-0.4, -0.2) is 23.3 Å². The van der Waals surface area contributed by atoms with Gasteiger partial charge in [-0.15, -0.1) is 11.3 Å². The number of carbonyl (C=O) groups is 1. The van der Waals surface area contributed by atoms with E-state index in [0.717, 1.165) is 9.88 Å². The van der Waals surface area contributed by atoms with Crippen molar-refractivity contribution in [2.75, 3.05) is 6.61 Å². The lowest BCUT2D eigenvalue weighted by Gasteiger charge is -1.99. The minimum absolute atomic E-state index is 0.196. The van der Waals surface area contributed by atoms with E-state index >= 15 is 0 Å².